The number of unbranched alkanes of at least 4 members (excludes halogenated alkanes) is 2. The SMILES string of the molecule is CCCCCN(CCO)CCC(=O)OC. The second-order valence-corrected chi connectivity index (χ2v) is 3.60. The average molecular weight is 217 g/mol. The normalized spacial score (nSPS) is 10.7. The summed E-state index contributed by atoms with van der Waals surface area (Å²) in [7, 11) is 1.40. The minimum Gasteiger partial charge on any atom is -0.469 e. The van der Waals surface area contributed by atoms with E-state index >= 15 is 0 Å². The van der Waals surface area contributed by atoms with Crippen molar-refractivity contribution in [3.05, 3.63) is 0 Å². The Labute approximate surface area is 92.2 Å². The molecule has 0 aliphatic rings. The van der Waals surface area contributed by atoms with E-state index in [9.17, 15) is 4.79 Å². The first-order valence-electron chi connectivity index (χ1n) is 5.64. The van der Waals surface area contributed by atoms with E-state index in [0.717, 1.165) is 13.0 Å². The summed E-state index contributed by atoms with van der Waals surface area (Å²) in [4.78, 5) is 13.0. The highest BCUT2D eigenvalue weighted by Crippen LogP contribution is 1.99. The monoisotopic (exact) mass is 217 g/mol. The van der Waals surface area contributed by atoms with E-state index in [1.165, 1.54) is 20.0 Å². The lowest BCUT2D eigenvalue weighted by atomic mass is 10.2. The van der Waals surface area contributed by atoms with E-state index in [0.29, 0.717) is 19.5 Å². The van der Waals surface area contributed by atoms with Gasteiger partial charge in [0.15, 0.2) is 0 Å². The molecule has 0 aliphatic heterocycles. The predicted molar refractivity (Wildman–Crippen MR) is 59.7 cm³/mol. The lowest BCUT2D eigenvalue weighted by Crippen LogP contribution is -2.30. The van der Waals surface area contributed by atoms with Gasteiger partial charge in [-0.2, -0.15) is 0 Å². The van der Waals surface area contributed by atoms with Gasteiger partial charge in [-0.15, -0.1) is 0 Å². The molecule has 0 aromatic rings. The lowest BCUT2D eigenvalue weighted by Gasteiger charge is -2.20. The summed E-state index contributed by atoms with van der Waals surface area (Å²) in [6.07, 6.45) is 3.91. The zero-order chi connectivity index (χ0) is 11.5. The van der Waals surface area contributed by atoms with Crippen molar-refractivity contribution < 1.29 is 14.6 Å². The number of rotatable bonds is 9. The standard InChI is InChI=1S/C11H23NO3/c1-3-4-5-7-12(9-10-13)8-6-11(14)15-2/h13H,3-10H2,1-2H3. The van der Waals surface area contributed by atoms with Gasteiger partial charge in [0.2, 0.25) is 0 Å². The largest absolute Gasteiger partial charge is 0.469 e. The highest BCUT2D eigenvalue weighted by atomic mass is 16.5. The Hall–Kier alpha value is -0.610. The maximum absolute atomic E-state index is 10.9. The molecule has 0 bridgehead atoms. The molecule has 0 fully saturated rings. The fourth-order valence-corrected chi connectivity index (χ4v) is 1.41. The summed E-state index contributed by atoms with van der Waals surface area (Å²) in [6, 6.07) is 0. The van der Waals surface area contributed by atoms with Gasteiger partial charge in [-0.25, -0.2) is 0 Å². The molecule has 0 rings (SSSR count). The maximum atomic E-state index is 10.9. The number of aliphatic hydroxyl groups is 1. The van der Waals surface area contributed by atoms with Crippen LogP contribution in [0.15, 0.2) is 0 Å². The number of esters is 1. The molecule has 0 saturated carbocycles. The van der Waals surface area contributed by atoms with Crippen LogP contribution in [0, 0.1) is 0 Å². The summed E-state index contributed by atoms with van der Waals surface area (Å²) in [5.41, 5.74) is 0. The molecule has 0 aromatic heterocycles. The highest BCUT2D eigenvalue weighted by molar-refractivity contribution is 5.69. The summed E-state index contributed by atoms with van der Waals surface area (Å²) >= 11 is 0. The molecule has 4 nitrogen and oxygen atoms in total. The Kier molecular flexibility index (Phi) is 9.52. The van der Waals surface area contributed by atoms with Crippen molar-refractivity contribution in [3.8, 4) is 0 Å². The van der Waals surface area contributed by atoms with Crippen molar-refractivity contribution in [2.75, 3.05) is 33.4 Å². The summed E-state index contributed by atoms with van der Waals surface area (Å²) in [6.45, 7) is 4.57. The molecular formula is C11H23NO3. The van der Waals surface area contributed by atoms with Crippen molar-refractivity contribution in [2.24, 2.45) is 0 Å². The van der Waals surface area contributed by atoms with Crippen LogP contribution in [0.5, 0.6) is 0 Å². The molecule has 0 aliphatic carbocycles. The molecule has 0 atom stereocenters. The third-order valence-electron chi connectivity index (χ3n) is 2.35. The zero-order valence-electron chi connectivity index (χ0n) is 9.87. The molecule has 15 heavy (non-hydrogen) atoms. The van der Waals surface area contributed by atoms with E-state index in [1.54, 1.807) is 0 Å². The molecule has 0 saturated heterocycles. The molecule has 0 heterocycles. The number of carbonyl (C=O) groups is 1. The van der Waals surface area contributed by atoms with Crippen molar-refractivity contribution in [1.82, 2.24) is 4.90 Å². The number of aliphatic hydroxyl groups excluding tert-OH is 1. The Morgan fingerprint density at radius 1 is 1.27 bits per heavy atom. The molecule has 0 unspecified atom stereocenters. The fourth-order valence-electron chi connectivity index (χ4n) is 1.41. The van der Waals surface area contributed by atoms with Crippen LogP contribution in [0.2, 0.25) is 0 Å². The molecule has 0 spiro atoms. The van der Waals surface area contributed by atoms with Crippen LogP contribution in [-0.4, -0.2) is 49.3 Å². The quantitative estimate of drug-likeness (QED) is 0.463. The number of carbonyl (C=O) groups excluding carboxylic acids is 1. The Bertz CT molecular complexity index is 162. The predicted octanol–water partition coefficient (Wildman–Crippen LogP) is 1.03. The first kappa shape index (κ1) is 14.4. The van der Waals surface area contributed by atoms with Gasteiger partial charge in [0, 0.05) is 13.1 Å². The van der Waals surface area contributed by atoms with Gasteiger partial charge < -0.3 is 14.7 Å². The van der Waals surface area contributed by atoms with Gasteiger partial charge in [-0.1, -0.05) is 19.8 Å². The Balaban J connectivity index is 3.66. The summed E-state index contributed by atoms with van der Waals surface area (Å²) < 4.78 is 4.58. The number of methoxy groups -OCH3 is 1. The second kappa shape index (κ2) is 9.93. The van der Waals surface area contributed by atoms with Crippen LogP contribution >= 0.6 is 0 Å². The van der Waals surface area contributed by atoms with Crippen molar-refractivity contribution in [1.29, 1.82) is 0 Å². The fraction of sp³-hybridized carbons (Fsp3) is 0.909. The third-order valence-corrected chi connectivity index (χ3v) is 2.35. The maximum Gasteiger partial charge on any atom is 0.306 e. The van der Waals surface area contributed by atoms with Crippen molar-refractivity contribution in [2.45, 2.75) is 32.6 Å². The minimum atomic E-state index is -0.187. The molecule has 90 valence electrons. The smallest absolute Gasteiger partial charge is 0.306 e. The first-order valence-corrected chi connectivity index (χ1v) is 5.64. The van der Waals surface area contributed by atoms with Crippen LogP contribution in [-0.2, 0) is 9.53 Å². The topological polar surface area (TPSA) is 49.8 Å². The molecule has 0 radical (unpaired) electrons. The van der Waals surface area contributed by atoms with E-state index < -0.39 is 0 Å². The molecule has 1 N–H and O–H groups in total. The highest BCUT2D eigenvalue weighted by Gasteiger charge is 2.07. The van der Waals surface area contributed by atoms with Crippen molar-refractivity contribution in [3.63, 3.8) is 0 Å². The molecule has 4 heteroatoms. The molecule has 0 aromatic carbocycles. The van der Waals surface area contributed by atoms with Crippen LogP contribution in [0.25, 0.3) is 0 Å². The number of nitrogens with zero attached hydrogens (tertiary/aromatic N) is 1. The van der Waals surface area contributed by atoms with Gasteiger partial charge in [-0.3, -0.25) is 4.79 Å². The number of hydrogen-bond donors (Lipinski definition) is 1. The number of hydrogen-bond acceptors (Lipinski definition) is 4. The van der Waals surface area contributed by atoms with Gasteiger partial charge in [0.05, 0.1) is 20.1 Å². The van der Waals surface area contributed by atoms with E-state index in [4.69, 9.17) is 5.11 Å². The van der Waals surface area contributed by atoms with E-state index in [2.05, 4.69) is 16.6 Å². The summed E-state index contributed by atoms with van der Waals surface area (Å²) in [5.74, 6) is -0.187. The van der Waals surface area contributed by atoms with E-state index in [-0.39, 0.29) is 12.6 Å². The van der Waals surface area contributed by atoms with Gasteiger partial charge in [0.1, 0.15) is 0 Å². The first-order chi connectivity index (χ1) is 7.24. The van der Waals surface area contributed by atoms with E-state index in [1.807, 2.05) is 0 Å². The van der Waals surface area contributed by atoms with Gasteiger partial charge >= 0.3 is 5.97 Å². The van der Waals surface area contributed by atoms with Crippen molar-refractivity contribution >= 4 is 5.97 Å². The number of ether oxygens (including phenoxy) is 1. The Morgan fingerprint density at radius 3 is 2.53 bits per heavy atom. The van der Waals surface area contributed by atoms with Crippen LogP contribution in [0.3, 0.4) is 0 Å². The average Bonchev–Trinajstić information content (AvgIpc) is 2.25. The minimum absolute atomic E-state index is 0.146. The van der Waals surface area contributed by atoms with Crippen LogP contribution in [0.4, 0.5) is 0 Å². The van der Waals surface area contributed by atoms with Gasteiger partial charge in [-0.05, 0) is 13.0 Å². The summed E-state index contributed by atoms with van der Waals surface area (Å²) in [5, 5.41) is 8.86. The Morgan fingerprint density at radius 2 is 2.00 bits per heavy atom. The van der Waals surface area contributed by atoms with Gasteiger partial charge in [0.25, 0.3) is 0 Å². The lowest BCUT2D eigenvalue weighted by molar-refractivity contribution is -0.141. The molecular weight excluding hydrogens is 194 g/mol. The molecule has 0 amide bonds. The van der Waals surface area contributed by atoms with Crippen LogP contribution < -0.4 is 0 Å². The van der Waals surface area contributed by atoms with Crippen LogP contribution in [0.1, 0.15) is 32.6 Å². The second-order valence-electron chi connectivity index (χ2n) is 3.60. The third kappa shape index (κ3) is 8.39. The zero-order valence-corrected chi connectivity index (χ0v) is 9.87.